The van der Waals surface area contributed by atoms with Crippen LogP contribution in [0, 0.1) is 34.0 Å². The molecular weight excluding hydrogens is 625 g/mol. The third-order valence-corrected chi connectivity index (χ3v) is 14.4. The Bertz CT molecular complexity index is 2580. The number of hydrogen-bond donors (Lipinski definition) is 0. The second kappa shape index (κ2) is 12.6. The summed E-state index contributed by atoms with van der Waals surface area (Å²) in [6.07, 6.45) is 0. The van der Waals surface area contributed by atoms with E-state index in [0.717, 1.165) is 43.8 Å². The number of rotatable bonds is 6. The van der Waals surface area contributed by atoms with Gasteiger partial charge < -0.3 is 4.57 Å². The highest BCUT2D eigenvalue weighted by atomic mass is 28.3. The maximum absolute atomic E-state index is 10.7. The number of benzene rings is 7. The Kier molecular flexibility index (Phi) is 7.63. The normalized spacial score (nSPS) is 11.1. The second-order valence-corrected chi connectivity index (χ2v) is 16.1. The molecule has 0 fully saturated rings. The Morgan fingerprint density at radius 2 is 1.00 bits per heavy atom. The van der Waals surface area contributed by atoms with Gasteiger partial charge in [-0.05, 0) is 74.3 Å². The standard InChI is InChI=1S/C45H28N4Si/c46-29-32-20-25-44-42(26-32)41-18-10-11-19-43(41)49(44)45-28-33(21-22-34(45)30-47)40-24-23-39(27-35(40)31-48)50(36-12-4-1-5-13-36,37-14-6-2-7-15-37)38-16-8-3-9-17-38/h1-28H. The highest BCUT2D eigenvalue weighted by molar-refractivity contribution is 7.19. The Labute approximate surface area is 291 Å². The maximum atomic E-state index is 10.7. The van der Waals surface area contributed by atoms with Crippen molar-refractivity contribution in [3.8, 4) is 35.0 Å². The summed E-state index contributed by atoms with van der Waals surface area (Å²) in [6.45, 7) is 0. The van der Waals surface area contributed by atoms with Crippen molar-refractivity contribution in [2.45, 2.75) is 0 Å². The summed E-state index contributed by atoms with van der Waals surface area (Å²) in [5.74, 6) is 0. The minimum absolute atomic E-state index is 0.513. The average molecular weight is 653 g/mol. The number of nitrogens with zero attached hydrogens (tertiary/aromatic N) is 4. The first-order valence-electron chi connectivity index (χ1n) is 16.4. The smallest absolute Gasteiger partial charge is 0.179 e. The monoisotopic (exact) mass is 652 g/mol. The molecule has 0 N–H and O–H groups in total. The lowest BCUT2D eigenvalue weighted by Gasteiger charge is -2.34. The lowest BCUT2D eigenvalue weighted by atomic mass is 9.98. The predicted octanol–water partition coefficient (Wildman–Crippen LogP) is 7.44. The molecule has 50 heavy (non-hydrogen) atoms. The molecule has 0 unspecified atom stereocenters. The quantitative estimate of drug-likeness (QED) is 0.138. The zero-order valence-electron chi connectivity index (χ0n) is 27.0. The van der Waals surface area contributed by atoms with E-state index in [1.807, 2.05) is 78.9 Å². The van der Waals surface area contributed by atoms with E-state index in [1.165, 1.54) is 15.6 Å². The molecular formula is C45H28N4Si. The topological polar surface area (TPSA) is 76.3 Å². The van der Waals surface area contributed by atoms with E-state index < -0.39 is 8.07 Å². The van der Waals surface area contributed by atoms with E-state index in [-0.39, 0.29) is 0 Å². The molecule has 0 aliphatic carbocycles. The van der Waals surface area contributed by atoms with Crippen LogP contribution in [0.4, 0.5) is 0 Å². The molecule has 0 amide bonds. The fourth-order valence-electron chi connectivity index (χ4n) is 7.47. The van der Waals surface area contributed by atoms with Gasteiger partial charge in [0.05, 0.1) is 45.5 Å². The molecule has 8 rings (SSSR count). The van der Waals surface area contributed by atoms with Gasteiger partial charge in [-0.3, -0.25) is 0 Å². The number of hydrogen-bond acceptors (Lipinski definition) is 3. The number of nitriles is 3. The van der Waals surface area contributed by atoms with Crippen molar-refractivity contribution in [3.63, 3.8) is 0 Å². The van der Waals surface area contributed by atoms with Crippen molar-refractivity contribution in [3.05, 3.63) is 187 Å². The van der Waals surface area contributed by atoms with Crippen LogP contribution in [0.15, 0.2) is 170 Å². The molecule has 0 saturated heterocycles. The summed E-state index contributed by atoms with van der Waals surface area (Å²) in [5.41, 5.74) is 5.86. The van der Waals surface area contributed by atoms with Crippen molar-refractivity contribution in [2.75, 3.05) is 0 Å². The fraction of sp³-hybridized carbons (Fsp3) is 0. The van der Waals surface area contributed by atoms with Crippen molar-refractivity contribution < 1.29 is 0 Å². The zero-order chi connectivity index (χ0) is 34.1. The molecule has 0 radical (unpaired) electrons. The van der Waals surface area contributed by atoms with Gasteiger partial charge in [0.1, 0.15) is 6.07 Å². The van der Waals surface area contributed by atoms with E-state index in [4.69, 9.17) is 0 Å². The summed E-state index contributed by atoms with van der Waals surface area (Å²) in [4.78, 5) is 0. The molecule has 1 aromatic heterocycles. The van der Waals surface area contributed by atoms with Crippen LogP contribution in [0.25, 0.3) is 38.6 Å². The molecule has 0 spiro atoms. The van der Waals surface area contributed by atoms with E-state index in [9.17, 15) is 15.8 Å². The van der Waals surface area contributed by atoms with E-state index >= 15 is 0 Å². The maximum Gasteiger partial charge on any atom is 0.179 e. The lowest BCUT2D eigenvalue weighted by Crippen LogP contribution is -2.74. The molecule has 0 aliphatic heterocycles. The molecule has 5 heteroatoms. The van der Waals surface area contributed by atoms with Gasteiger partial charge in [0.25, 0.3) is 0 Å². The highest BCUT2D eigenvalue weighted by Crippen LogP contribution is 2.35. The predicted molar refractivity (Wildman–Crippen MR) is 204 cm³/mol. The van der Waals surface area contributed by atoms with Crippen LogP contribution in [0.5, 0.6) is 0 Å². The highest BCUT2D eigenvalue weighted by Gasteiger charge is 2.41. The van der Waals surface area contributed by atoms with Crippen molar-refractivity contribution in [2.24, 2.45) is 0 Å². The minimum atomic E-state index is -2.83. The summed E-state index contributed by atoms with van der Waals surface area (Å²) in [5, 5.41) is 37.4. The first-order chi connectivity index (χ1) is 24.7. The molecule has 0 saturated carbocycles. The molecule has 232 valence electrons. The second-order valence-electron chi connectivity index (χ2n) is 12.3. The molecule has 0 bridgehead atoms. The van der Waals surface area contributed by atoms with Gasteiger partial charge in [0.2, 0.25) is 0 Å². The van der Waals surface area contributed by atoms with Gasteiger partial charge in [0, 0.05) is 10.8 Å². The third-order valence-electron chi connectivity index (χ3n) is 9.67. The Morgan fingerprint density at radius 1 is 0.420 bits per heavy atom. The van der Waals surface area contributed by atoms with Crippen LogP contribution in [-0.2, 0) is 0 Å². The van der Waals surface area contributed by atoms with Gasteiger partial charge >= 0.3 is 0 Å². The van der Waals surface area contributed by atoms with Crippen LogP contribution in [0.1, 0.15) is 16.7 Å². The van der Waals surface area contributed by atoms with E-state index in [1.54, 1.807) is 0 Å². The van der Waals surface area contributed by atoms with Crippen LogP contribution in [0.2, 0.25) is 0 Å². The van der Waals surface area contributed by atoms with Gasteiger partial charge in [-0.1, -0.05) is 127 Å². The van der Waals surface area contributed by atoms with Crippen molar-refractivity contribution in [1.29, 1.82) is 15.8 Å². The molecule has 7 aromatic carbocycles. The van der Waals surface area contributed by atoms with E-state index in [2.05, 4.69) is 114 Å². The van der Waals surface area contributed by atoms with Crippen LogP contribution < -0.4 is 20.7 Å². The Hall–Kier alpha value is -6.97. The molecule has 0 atom stereocenters. The average Bonchev–Trinajstić information content (AvgIpc) is 3.52. The number of para-hydroxylation sites is 1. The van der Waals surface area contributed by atoms with Gasteiger partial charge in [-0.2, -0.15) is 15.8 Å². The first-order valence-corrected chi connectivity index (χ1v) is 18.4. The third kappa shape index (κ3) is 4.80. The first kappa shape index (κ1) is 30.4. The summed E-state index contributed by atoms with van der Waals surface area (Å²) >= 11 is 0. The number of fused-ring (bicyclic) bond motifs is 3. The summed E-state index contributed by atoms with van der Waals surface area (Å²) in [6, 6.07) is 65.0. The van der Waals surface area contributed by atoms with Crippen LogP contribution >= 0.6 is 0 Å². The number of aromatic nitrogens is 1. The molecule has 4 nitrogen and oxygen atoms in total. The SMILES string of the molecule is N#Cc1ccc2c(c1)c1ccccc1n2-c1cc(-c2ccc([Si](c3ccccc3)(c3ccccc3)c3ccccc3)cc2C#N)ccc1C#N. The largest absolute Gasteiger partial charge is 0.308 e. The van der Waals surface area contributed by atoms with E-state index in [0.29, 0.717) is 16.7 Å². The van der Waals surface area contributed by atoms with Crippen molar-refractivity contribution in [1.82, 2.24) is 4.57 Å². The summed E-state index contributed by atoms with van der Waals surface area (Å²) < 4.78 is 2.09. The van der Waals surface area contributed by atoms with Gasteiger partial charge in [0.15, 0.2) is 8.07 Å². The molecule has 0 aliphatic rings. The van der Waals surface area contributed by atoms with Gasteiger partial charge in [-0.15, -0.1) is 0 Å². The Balaban J connectivity index is 1.36. The van der Waals surface area contributed by atoms with Crippen LogP contribution in [-0.4, -0.2) is 12.6 Å². The minimum Gasteiger partial charge on any atom is -0.308 e. The van der Waals surface area contributed by atoms with Crippen molar-refractivity contribution >= 4 is 50.6 Å². The lowest BCUT2D eigenvalue weighted by molar-refractivity contribution is 1.17. The van der Waals surface area contributed by atoms with Crippen LogP contribution in [0.3, 0.4) is 0 Å². The molecule has 1 heterocycles. The van der Waals surface area contributed by atoms with Gasteiger partial charge in [-0.25, -0.2) is 0 Å². The summed E-state index contributed by atoms with van der Waals surface area (Å²) in [7, 11) is -2.83. The molecule has 8 aromatic rings. The Morgan fingerprint density at radius 3 is 1.60 bits per heavy atom. The zero-order valence-corrected chi connectivity index (χ0v) is 28.0. The fourth-order valence-corrected chi connectivity index (χ4v) is 12.2.